The minimum absolute atomic E-state index is 0.907. The Morgan fingerprint density at radius 3 is 1.55 bits per heavy atom. The molecule has 10 aromatic carbocycles. The molecule has 1 heterocycles. The minimum Gasteiger partial charge on any atom is -0.456 e. The molecule has 0 amide bonds. The maximum atomic E-state index is 6.16. The average Bonchev–Trinajstić information content (AvgIpc) is 3.67. The molecule has 270 valence electrons. The Kier molecular flexibility index (Phi) is 7.26. The highest BCUT2D eigenvalue weighted by molar-refractivity contribution is 6.20. The third-order valence-electron chi connectivity index (χ3n) is 12.0. The summed E-state index contributed by atoms with van der Waals surface area (Å²) in [7, 11) is 0. The summed E-state index contributed by atoms with van der Waals surface area (Å²) in [6, 6.07) is 77.1. The summed E-state index contributed by atoms with van der Waals surface area (Å²) in [5, 5.41) is 7.22. The zero-order valence-corrected chi connectivity index (χ0v) is 31.6. The third-order valence-corrected chi connectivity index (χ3v) is 12.0. The third kappa shape index (κ3) is 5.19. The molecule has 0 atom stereocenters. The van der Waals surface area contributed by atoms with E-state index in [0.717, 1.165) is 44.4 Å². The molecule has 0 N–H and O–H groups in total. The number of hydrogen-bond donors (Lipinski definition) is 0. The summed E-state index contributed by atoms with van der Waals surface area (Å²) in [6.07, 6.45) is 0. The molecule has 0 unspecified atom stereocenters. The Morgan fingerprint density at radius 2 is 0.810 bits per heavy atom. The smallest absolute Gasteiger partial charge is 0.135 e. The van der Waals surface area contributed by atoms with Crippen molar-refractivity contribution in [2.45, 2.75) is 0 Å². The van der Waals surface area contributed by atoms with E-state index in [1.807, 2.05) is 12.1 Å². The van der Waals surface area contributed by atoms with Crippen molar-refractivity contribution in [1.29, 1.82) is 0 Å². The summed E-state index contributed by atoms with van der Waals surface area (Å²) in [5.74, 6) is 0. The first-order valence-electron chi connectivity index (χ1n) is 19.9. The molecule has 1 aliphatic carbocycles. The van der Waals surface area contributed by atoms with Crippen molar-refractivity contribution in [3.63, 3.8) is 0 Å². The van der Waals surface area contributed by atoms with Crippen molar-refractivity contribution < 1.29 is 4.42 Å². The van der Waals surface area contributed by atoms with E-state index in [2.05, 4.69) is 205 Å². The monoisotopic (exact) mass is 737 g/mol. The fourth-order valence-corrected chi connectivity index (χ4v) is 9.07. The molecule has 0 bridgehead atoms. The molecule has 2 heteroatoms. The summed E-state index contributed by atoms with van der Waals surface area (Å²) >= 11 is 0. The predicted molar refractivity (Wildman–Crippen MR) is 244 cm³/mol. The SMILES string of the molecule is c1ccc(-c2ccc(N(c3ccc(-c4ccc5oc6ccccc6c5c4)cc3)c3c4c(cc5ccccc35)-c3cc5ccc(-c6ccccc6)cc5cc3-4)cc2)cc1. The Bertz CT molecular complexity index is 3360. The zero-order valence-electron chi connectivity index (χ0n) is 31.6. The predicted octanol–water partition coefficient (Wildman–Crippen LogP) is 16.0. The first kappa shape index (κ1) is 32.6. The molecule has 0 saturated carbocycles. The number of fused-ring (bicyclic) bond motifs is 9. The number of benzene rings is 10. The highest BCUT2D eigenvalue weighted by Crippen LogP contribution is 2.58. The number of rotatable bonds is 6. The second kappa shape index (κ2) is 12.9. The van der Waals surface area contributed by atoms with Gasteiger partial charge in [-0.1, -0.05) is 146 Å². The van der Waals surface area contributed by atoms with E-state index in [9.17, 15) is 0 Å². The van der Waals surface area contributed by atoms with Crippen LogP contribution in [0.1, 0.15) is 0 Å². The minimum atomic E-state index is 0.907. The van der Waals surface area contributed by atoms with Gasteiger partial charge >= 0.3 is 0 Å². The van der Waals surface area contributed by atoms with E-state index in [-0.39, 0.29) is 0 Å². The number of para-hydroxylation sites is 1. The van der Waals surface area contributed by atoms with Gasteiger partial charge in [0.15, 0.2) is 0 Å². The highest BCUT2D eigenvalue weighted by Gasteiger charge is 2.31. The lowest BCUT2D eigenvalue weighted by Gasteiger charge is -2.35. The van der Waals surface area contributed by atoms with Gasteiger partial charge in [0.25, 0.3) is 0 Å². The molecule has 2 nitrogen and oxygen atoms in total. The van der Waals surface area contributed by atoms with E-state index in [0.29, 0.717) is 0 Å². The van der Waals surface area contributed by atoms with Gasteiger partial charge in [0, 0.05) is 33.1 Å². The molecule has 58 heavy (non-hydrogen) atoms. The van der Waals surface area contributed by atoms with Crippen LogP contribution in [0.5, 0.6) is 0 Å². The maximum Gasteiger partial charge on any atom is 0.135 e. The van der Waals surface area contributed by atoms with Crippen LogP contribution in [0.4, 0.5) is 17.1 Å². The zero-order chi connectivity index (χ0) is 38.2. The molecule has 1 aliphatic rings. The topological polar surface area (TPSA) is 16.4 Å². The molecule has 0 saturated heterocycles. The van der Waals surface area contributed by atoms with Gasteiger partial charge in [0.1, 0.15) is 11.2 Å². The lowest BCUT2D eigenvalue weighted by atomic mass is 9.76. The van der Waals surface area contributed by atoms with Crippen molar-refractivity contribution in [3.8, 4) is 55.6 Å². The van der Waals surface area contributed by atoms with Crippen LogP contribution in [0.3, 0.4) is 0 Å². The molecule has 0 aliphatic heterocycles. The molecule has 0 fully saturated rings. The van der Waals surface area contributed by atoms with E-state index in [1.54, 1.807) is 0 Å². The van der Waals surface area contributed by atoms with Crippen molar-refractivity contribution in [2.24, 2.45) is 0 Å². The van der Waals surface area contributed by atoms with Crippen LogP contribution < -0.4 is 4.90 Å². The molecule has 11 aromatic rings. The lowest BCUT2D eigenvalue weighted by Crippen LogP contribution is -2.15. The maximum absolute atomic E-state index is 6.16. The van der Waals surface area contributed by atoms with Crippen LogP contribution in [-0.2, 0) is 0 Å². The summed E-state index contributed by atoms with van der Waals surface area (Å²) in [5.41, 5.74) is 17.6. The van der Waals surface area contributed by atoms with Crippen LogP contribution in [0.2, 0.25) is 0 Å². The van der Waals surface area contributed by atoms with Crippen LogP contribution >= 0.6 is 0 Å². The largest absolute Gasteiger partial charge is 0.456 e. The molecular formula is C56H35NO. The van der Waals surface area contributed by atoms with E-state index < -0.39 is 0 Å². The molecule has 0 spiro atoms. The molecule has 12 rings (SSSR count). The fraction of sp³-hybridized carbons (Fsp3) is 0. The van der Waals surface area contributed by atoms with Crippen molar-refractivity contribution >= 4 is 60.5 Å². The van der Waals surface area contributed by atoms with E-state index in [4.69, 9.17) is 4.42 Å². The molecule has 1 aromatic heterocycles. The van der Waals surface area contributed by atoms with Crippen LogP contribution in [0.15, 0.2) is 217 Å². The highest BCUT2D eigenvalue weighted by atomic mass is 16.3. The Balaban J connectivity index is 1.04. The Hall–Kier alpha value is -7.68. The number of anilines is 3. The van der Waals surface area contributed by atoms with Crippen LogP contribution in [0.25, 0.3) is 99.1 Å². The summed E-state index contributed by atoms with van der Waals surface area (Å²) in [6.45, 7) is 0. The summed E-state index contributed by atoms with van der Waals surface area (Å²) < 4.78 is 6.16. The first-order chi connectivity index (χ1) is 28.7. The average molecular weight is 738 g/mol. The van der Waals surface area contributed by atoms with Gasteiger partial charge in [-0.05, 0) is 133 Å². The second-order valence-electron chi connectivity index (χ2n) is 15.3. The van der Waals surface area contributed by atoms with Gasteiger partial charge in [0.2, 0.25) is 0 Å². The lowest BCUT2D eigenvalue weighted by molar-refractivity contribution is 0.669. The normalized spacial score (nSPS) is 11.8. The molecular weight excluding hydrogens is 703 g/mol. The fourth-order valence-electron chi connectivity index (χ4n) is 9.07. The number of nitrogens with zero attached hydrogens (tertiary/aromatic N) is 1. The number of hydrogen-bond acceptors (Lipinski definition) is 2. The van der Waals surface area contributed by atoms with E-state index >= 15 is 0 Å². The van der Waals surface area contributed by atoms with Crippen LogP contribution in [0, 0.1) is 0 Å². The van der Waals surface area contributed by atoms with Gasteiger partial charge in [-0.3, -0.25) is 0 Å². The Morgan fingerprint density at radius 1 is 0.293 bits per heavy atom. The van der Waals surface area contributed by atoms with Gasteiger partial charge in [-0.15, -0.1) is 0 Å². The van der Waals surface area contributed by atoms with Crippen molar-refractivity contribution in [2.75, 3.05) is 4.90 Å². The van der Waals surface area contributed by atoms with E-state index in [1.165, 1.54) is 71.7 Å². The van der Waals surface area contributed by atoms with Crippen molar-refractivity contribution in [1.82, 2.24) is 0 Å². The Labute approximate surface area is 336 Å². The standard InChI is InChI=1S/C56H35NO/c1-3-11-36(12-4-1)38-21-26-45(27-22-38)57(46-28-23-39(24-29-46)41-25-30-54-50(33-41)48-17-9-10-18-53(48)58-54)56-47-16-8-7-15-43(47)34-51-49-32-42-20-19-40(37-13-5-2-6-14-37)31-44(42)35-52(49)55(51)56/h1-35H. The second-order valence-corrected chi connectivity index (χ2v) is 15.3. The first-order valence-corrected chi connectivity index (χ1v) is 19.9. The summed E-state index contributed by atoms with van der Waals surface area (Å²) in [4.78, 5) is 2.47. The van der Waals surface area contributed by atoms with Gasteiger partial charge in [-0.2, -0.15) is 0 Å². The van der Waals surface area contributed by atoms with Gasteiger partial charge in [0.05, 0.1) is 5.69 Å². The van der Waals surface area contributed by atoms with Gasteiger partial charge in [-0.25, -0.2) is 0 Å². The van der Waals surface area contributed by atoms with Gasteiger partial charge < -0.3 is 9.32 Å². The van der Waals surface area contributed by atoms with Crippen LogP contribution in [-0.4, -0.2) is 0 Å². The van der Waals surface area contributed by atoms with Crippen molar-refractivity contribution in [3.05, 3.63) is 212 Å². The quantitative estimate of drug-likeness (QED) is 0.169. The number of furan rings is 1. The molecule has 0 radical (unpaired) electrons.